The summed E-state index contributed by atoms with van der Waals surface area (Å²) in [6, 6.07) is 6.29. The van der Waals surface area contributed by atoms with Gasteiger partial charge in [0.2, 0.25) is 0 Å². The van der Waals surface area contributed by atoms with Crippen molar-refractivity contribution in [3.63, 3.8) is 0 Å². The van der Waals surface area contributed by atoms with E-state index in [9.17, 15) is 9.59 Å². The highest BCUT2D eigenvalue weighted by atomic mass is 16.6. The molecule has 0 saturated heterocycles. The van der Waals surface area contributed by atoms with Crippen molar-refractivity contribution in [1.82, 2.24) is 10.9 Å². The molecule has 1 aromatic rings. The Hall–Kier alpha value is -2.44. The molecule has 0 spiro atoms. The first-order valence-electron chi connectivity index (χ1n) is 5.30. The molecule has 7 heteroatoms. The number of carbonyl (C=O) groups excluding carboxylic acids is 2. The minimum absolute atomic E-state index is 0.224. The first-order chi connectivity index (χ1) is 8.67. The molecule has 1 aromatic carbocycles. The molecule has 18 heavy (non-hydrogen) atoms. The van der Waals surface area contributed by atoms with E-state index in [-0.39, 0.29) is 6.61 Å². The molecule has 0 heterocycles. The van der Waals surface area contributed by atoms with Crippen LogP contribution in [-0.4, -0.2) is 25.8 Å². The Morgan fingerprint density at radius 2 is 1.94 bits per heavy atom. The zero-order chi connectivity index (χ0) is 13.4. The van der Waals surface area contributed by atoms with Gasteiger partial charge in [-0.15, -0.1) is 0 Å². The topological polar surface area (TPSA) is 88.7 Å². The van der Waals surface area contributed by atoms with E-state index in [4.69, 9.17) is 4.74 Å². The van der Waals surface area contributed by atoms with E-state index in [1.54, 1.807) is 31.2 Å². The van der Waals surface area contributed by atoms with E-state index in [1.807, 2.05) is 0 Å². The fraction of sp³-hybridized carbons (Fsp3) is 0.273. The number of amides is 3. The van der Waals surface area contributed by atoms with Crippen molar-refractivity contribution >= 4 is 17.8 Å². The van der Waals surface area contributed by atoms with Crippen molar-refractivity contribution in [1.29, 1.82) is 0 Å². The third-order valence-corrected chi connectivity index (χ3v) is 1.91. The lowest BCUT2D eigenvalue weighted by Gasteiger charge is -2.11. The van der Waals surface area contributed by atoms with Gasteiger partial charge in [-0.05, 0) is 19.1 Å². The maximum absolute atomic E-state index is 11.4. The molecule has 3 N–H and O–H groups in total. The molecule has 0 unspecified atom stereocenters. The van der Waals surface area contributed by atoms with E-state index in [0.29, 0.717) is 11.4 Å². The summed E-state index contributed by atoms with van der Waals surface area (Å²) in [4.78, 5) is 22.4. The van der Waals surface area contributed by atoms with Gasteiger partial charge in [-0.3, -0.25) is 0 Å². The van der Waals surface area contributed by atoms with Gasteiger partial charge in [0.1, 0.15) is 5.75 Å². The van der Waals surface area contributed by atoms with Gasteiger partial charge < -0.3 is 14.8 Å². The molecule has 0 aliphatic carbocycles. The third-order valence-electron chi connectivity index (χ3n) is 1.91. The molecule has 0 fully saturated rings. The van der Waals surface area contributed by atoms with Gasteiger partial charge in [-0.25, -0.2) is 20.4 Å². The van der Waals surface area contributed by atoms with Crippen molar-refractivity contribution in [2.75, 3.05) is 19.0 Å². The maximum Gasteiger partial charge on any atom is 0.426 e. The number of hydrazine groups is 1. The van der Waals surface area contributed by atoms with Crippen LogP contribution in [0.1, 0.15) is 6.92 Å². The number of nitrogens with one attached hydrogen (secondary N) is 3. The smallest absolute Gasteiger partial charge is 0.426 e. The average Bonchev–Trinajstić information content (AvgIpc) is 2.37. The summed E-state index contributed by atoms with van der Waals surface area (Å²) < 4.78 is 9.63. The van der Waals surface area contributed by atoms with E-state index < -0.39 is 12.1 Å². The van der Waals surface area contributed by atoms with Crippen molar-refractivity contribution in [2.45, 2.75) is 6.92 Å². The monoisotopic (exact) mass is 253 g/mol. The Kier molecular flexibility index (Phi) is 5.30. The van der Waals surface area contributed by atoms with Crippen LogP contribution in [-0.2, 0) is 4.74 Å². The molecule has 0 bridgehead atoms. The number of methoxy groups -OCH3 is 1. The van der Waals surface area contributed by atoms with Crippen LogP contribution in [0.4, 0.5) is 15.3 Å². The fourth-order valence-corrected chi connectivity index (χ4v) is 1.18. The minimum Gasteiger partial charge on any atom is -0.495 e. The van der Waals surface area contributed by atoms with Crippen LogP contribution in [0, 0.1) is 0 Å². The lowest BCUT2D eigenvalue weighted by Crippen LogP contribution is -2.44. The van der Waals surface area contributed by atoms with Gasteiger partial charge in [-0.2, -0.15) is 0 Å². The van der Waals surface area contributed by atoms with Crippen molar-refractivity contribution < 1.29 is 19.1 Å². The van der Waals surface area contributed by atoms with Crippen molar-refractivity contribution in [2.24, 2.45) is 0 Å². The third kappa shape index (κ3) is 4.20. The summed E-state index contributed by atoms with van der Waals surface area (Å²) in [7, 11) is 1.50. The number of anilines is 1. The van der Waals surface area contributed by atoms with Crippen molar-refractivity contribution in [3.8, 4) is 5.75 Å². The van der Waals surface area contributed by atoms with E-state index in [1.165, 1.54) is 7.11 Å². The Bertz CT molecular complexity index is 423. The number of rotatable bonds is 3. The van der Waals surface area contributed by atoms with Gasteiger partial charge in [0.15, 0.2) is 0 Å². The van der Waals surface area contributed by atoms with E-state index >= 15 is 0 Å². The molecule has 0 aromatic heterocycles. The molecular formula is C11H15N3O4. The van der Waals surface area contributed by atoms with Gasteiger partial charge in [0, 0.05) is 0 Å². The van der Waals surface area contributed by atoms with Gasteiger partial charge >= 0.3 is 12.1 Å². The van der Waals surface area contributed by atoms with Crippen molar-refractivity contribution in [3.05, 3.63) is 24.3 Å². The predicted molar refractivity (Wildman–Crippen MR) is 65.3 cm³/mol. The van der Waals surface area contributed by atoms with Crippen LogP contribution in [0.3, 0.4) is 0 Å². The highest BCUT2D eigenvalue weighted by Gasteiger charge is 2.07. The quantitative estimate of drug-likeness (QED) is 0.712. The Morgan fingerprint density at radius 3 is 2.61 bits per heavy atom. The van der Waals surface area contributed by atoms with Crippen LogP contribution in [0.2, 0.25) is 0 Å². The highest BCUT2D eigenvalue weighted by Crippen LogP contribution is 2.22. The number of urea groups is 1. The number of ether oxygens (including phenoxy) is 2. The molecular weight excluding hydrogens is 238 g/mol. The molecule has 98 valence electrons. The van der Waals surface area contributed by atoms with Crippen LogP contribution in [0.25, 0.3) is 0 Å². The minimum atomic E-state index is -0.729. The number of hydrogen-bond donors (Lipinski definition) is 3. The molecule has 0 aliphatic rings. The molecule has 0 atom stereocenters. The Morgan fingerprint density at radius 1 is 1.22 bits per heavy atom. The summed E-state index contributed by atoms with van der Waals surface area (Å²) in [5, 5.41) is 2.51. The Balaban J connectivity index is 2.47. The first kappa shape index (κ1) is 13.6. The highest BCUT2D eigenvalue weighted by molar-refractivity contribution is 5.91. The first-order valence-corrected chi connectivity index (χ1v) is 5.30. The zero-order valence-electron chi connectivity index (χ0n) is 10.1. The molecule has 0 aliphatic heterocycles. The molecule has 3 amide bonds. The summed E-state index contributed by atoms with van der Waals surface area (Å²) in [5.41, 5.74) is 4.70. The summed E-state index contributed by atoms with van der Waals surface area (Å²) in [6.45, 7) is 1.89. The van der Waals surface area contributed by atoms with E-state index in [0.717, 1.165) is 0 Å². The van der Waals surface area contributed by atoms with Gasteiger partial charge in [-0.1, -0.05) is 12.1 Å². The fourth-order valence-electron chi connectivity index (χ4n) is 1.18. The van der Waals surface area contributed by atoms with Crippen LogP contribution >= 0.6 is 0 Å². The number of para-hydroxylation sites is 2. The summed E-state index contributed by atoms with van der Waals surface area (Å²) in [5.74, 6) is 0.517. The largest absolute Gasteiger partial charge is 0.495 e. The van der Waals surface area contributed by atoms with E-state index in [2.05, 4.69) is 20.9 Å². The van der Waals surface area contributed by atoms with Crippen LogP contribution in [0.5, 0.6) is 5.75 Å². The molecule has 1 rings (SSSR count). The second-order valence-corrected chi connectivity index (χ2v) is 3.12. The molecule has 0 radical (unpaired) electrons. The predicted octanol–water partition coefficient (Wildman–Crippen LogP) is 1.48. The summed E-state index contributed by atoms with van der Waals surface area (Å²) >= 11 is 0. The Labute approximate surface area is 104 Å². The zero-order valence-corrected chi connectivity index (χ0v) is 10.1. The summed E-state index contributed by atoms with van der Waals surface area (Å²) in [6.07, 6.45) is -0.729. The lowest BCUT2D eigenvalue weighted by atomic mass is 10.3. The van der Waals surface area contributed by atoms with Gasteiger partial charge in [0.25, 0.3) is 0 Å². The molecule has 0 saturated carbocycles. The average molecular weight is 253 g/mol. The number of carbonyl (C=O) groups is 2. The SMILES string of the molecule is CCOC(=O)NNC(=O)Nc1ccccc1OC. The normalized spacial score (nSPS) is 9.22. The lowest BCUT2D eigenvalue weighted by molar-refractivity contribution is 0.148. The number of hydrogen-bond acceptors (Lipinski definition) is 4. The number of benzene rings is 1. The van der Waals surface area contributed by atoms with Gasteiger partial charge in [0.05, 0.1) is 19.4 Å². The molecule has 7 nitrogen and oxygen atoms in total. The standard InChI is InChI=1S/C11H15N3O4/c1-3-18-11(16)14-13-10(15)12-8-6-4-5-7-9(8)17-2/h4-7H,3H2,1-2H3,(H,14,16)(H2,12,13,15). The second kappa shape index (κ2) is 7.00. The second-order valence-electron chi connectivity index (χ2n) is 3.12. The van der Waals surface area contributed by atoms with Crippen LogP contribution < -0.4 is 20.9 Å². The van der Waals surface area contributed by atoms with Crippen LogP contribution in [0.15, 0.2) is 24.3 Å². The maximum atomic E-state index is 11.4.